The van der Waals surface area contributed by atoms with Gasteiger partial charge in [-0.25, -0.2) is 28.9 Å². The summed E-state index contributed by atoms with van der Waals surface area (Å²) in [5.41, 5.74) is 5.56. The third-order valence-corrected chi connectivity index (χ3v) is 9.28. The average Bonchev–Trinajstić information content (AvgIpc) is 3.55. The zero-order valence-electron chi connectivity index (χ0n) is 20.0. The Labute approximate surface area is 233 Å². The highest BCUT2D eigenvalue weighted by Crippen LogP contribution is 2.55. The Bertz CT molecular complexity index is 1750. The number of nitrogens with zero attached hydrogens (tertiary/aromatic N) is 7. The van der Waals surface area contributed by atoms with E-state index >= 15 is 4.39 Å². The number of nitrogens with two attached hydrogens (primary N) is 1. The molecule has 40 heavy (non-hydrogen) atoms. The van der Waals surface area contributed by atoms with Crippen molar-refractivity contribution in [2.45, 2.75) is 37.8 Å². The number of thiol groups is 1. The van der Waals surface area contributed by atoms with Crippen molar-refractivity contribution in [1.82, 2.24) is 39.0 Å². The molecule has 22 heteroatoms. The van der Waals surface area contributed by atoms with E-state index in [-0.39, 0.29) is 42.7 Å². The van der Waals surface area contributed by atoms with Gasteiger partial charge in [-0.1, -0.05) is 12.2 Å². The number of anilines is 1. The minimum Gasteiger partial charge on any atom is -0.369 e. The van der Waals surface area contributed by atoms with Crippen molar-refractivity contribution < 1.29 is 36.7 Å². The molecule has 6 rings (SSSR count). The van der Waals surface area contributed by atoms with Gasteiger partial charge in [0.2, 0.25) is 5.95 Å². The molecule has 6 atom stereocenters. The highest BCUT2D eigenvalue weighted by molar-refractivity contribution is 8.44. The second-order valence-electron chi connectivity index (χ2n) is 8.61. The third-order valence-electron chi connectivity index (χ3n) is 6.07. The summed E-state index contributed by atoms with van der Waals surface area (Å²) >= 11 is 9.17. The number of nitrogen functional groups attached to an aromatic ring is 1. The lowest BCUT2D eigenvalue weighted by Gasteiger charge is -2.25. The molecule has 2 aliphatic rings. The summed E-state index contributed by atoms with van der Waals surface area (Å²) in [5, 5.41) is 0. The van der Waals surface area contributed by atoms with E-state index in [1.807, 2.05) is 0 Å². The van der Waals surface area contributed by atoms with Crippen molar-refractivity contribution in [3.8, 4) is 0 Å². The molecule has 6 heterocycles. The first-order chi connectivity index (χ1) is 19.0. The second kappa shape index (κ2) is 10.5. The van der Waals surface area contributed by atoms with Gasteiger partial charge >= 0.3 is 13.5 Å². The molecule has 4 aromatic heterocycles. The van der Waals surface area contributed by atoms with Gasteiger partial charge in [-0.3, -0.25) is 27.9 Å². The molecule has 2 bridgehead atoms. The highest BCUT2D eigenvalue weighted by Gasteiger charge is 2.50. The molecule has 4 aromatic rings. The molecule has 214 valence electrons. The van der Waals surface area contributed by atoms with Crippen LogP contribution in [0.2, 0.25) is 0 Å². The number of hydrogen-bond donors (Lipinski definition) is 4. The van der Waals surface area contributed by atoms with E-state index in [0.717, 1.165) is 4.57 Å². The van der Waals surface area contributed by atoms with Gasteiger partial charge in [0.25, 0.3) is 5.56 Å². The third kappa shape index (κ3) is 5.32. The lowest BCUT2D eigenvalue weighted by molar-refractivity contribution is -0.0454. The first kappa shape index (κ1) is 27.8. The fourth-order valence-electron chi connectivity index (χ4n) is 4.37. The standard InChI is InChI=1S/C18H20FN9O8P2S2/c19-11-9-4-33-37(30,39)32-2-1-27-10(24-8-3-21-6-22-15(8)27)5-34-38(31,40)36-13(11)17(35-9)28-7-23-14-12(28)16(29)26-18(20)25-14/h3,6-7,9,11,13,17H,1-2,4-5H2,(H,30,39)(H,31,40)(H3,20,25,26,29)/t9-,11-,13-,17-,37?,38?/m1/s1. The Balaban J connectivity index is 1.38. The zero-order chi connectivity index (χ0) is 28.2. The van der Waals surface area contributed by atoms with Crippen LogP contribution in [0.1, 0.15) is 12.1 Å². The SMILES string of the molecule is Nc1nc2ncn([C@@H]3O[C@@H]4COP(=O)(S)OCCn5c(nc6cncnc65)COP(O)(=S)O[C@@H]3[C@@H]4F)c2c(=O)[nH]1. The maximum absolute atomic E-state index is 15.8. The van der Waals surface area contributed by atoms with E-state index in [1.165, 1.54) is 18.9 Å². The molecular weight excluding hydrogens is 615 g/mol. The first-order valence-corrected chi connectivity index (χ1v) is 16.7. The number of rotatable bonds is 1. The molecule has 0 aliphatic carbocycles. The maximum Gasteiger partial charge on any atom is 0.386 e. The van der Waals surface area contributed by atoms with Crippen LogP contribution in [0, 0.1) is 0 Å². The van der Waals surface area contributed by atoms with E-state index in [0.29, 0.717) is 11.2 Å². The van der Waals surface area contributed by atoms with Gasteiger partial charge in [-0.2, -0.15) is 4.98 Å². The quantitative estimate of drug-likeness (QED) is 0.169. The van der Waals surface area contributed by atoms with Crippen LogP contribution in [-0.2, 0) is 52.4 Å². The molecule has 0 radical (unpaired) electrons. The smallest absolute Gasteiger partial charge is 0.369 e. The second-order valence-corrected chi connectivity index (χ2v) is 14.3. The average molecular weight is 635 g/mol. The van der Waals surface area contributed by atoms with Crippen molar-refractivity contribution in [3.05, 3.63) is 35.0 Å². The lowest BCUT2D eigenvalue weighted by atomic mass is 10.1. The van der Waals surface area contributed by atoms with Gasteiger partial charge in [-0.15, -0.1) is 0 Å². The molecule has 2 unspecified atom stereocenters. The number of hydrogen-bond acceptors (Lipinski definition) is 14. The number of nitrogens with one attached hydrogen (secondary N) is 1. The lowest BCUT2D eigenvalue weighted by Crippen LogP contribution is -2.32. The summed E-state index contributed by atoms with van der Waals surface area (Å²) in [7, 11) is 0. The number of halogens is 1. The van der Waals surface area contributed by atoms with Crippen molar-refractivity contribution in [2.75, 3.05) is 18.9 Å². The molecule has 2 aliphatic heterocycles. The van der Waals surface area contributed by atoms with Crippen molar-refractivity contribution in [1.29, 1.82) is 0 Å². The number of ether oxygens (including phenoxy) is 1. The summed E-state index contributed by atoms with van der Waals surface area (Å²) < 4.78 is 59.0. The van der Waals surface area contributed by atoms with Crippen molar-refractivity contribution >= 4 is 65.8 Å². The minimum atomic E-state index is -4.17. The van der Waals surface area contributed by atoms with Crippen LogP contribution in [0.25, 0.3) is 22.3 Å². The number of aromatic nitrogens is 8. The van der Waals surface area contributed by atoms with Gasteiger partial charge in [0, 0.05) is 6.54 Å². The van der Waals surface area contributed by atoms with Gasteiger partial charge in [0.15, 0.2) is 29.2 Å². The van der Waals surface area contributed by atoms with E-state index in [2.05, 4.69) is 42.2 Å². The summed E-state index contributed by atoms with van der Waals surface area (Å²) in [4.78, 5) is 46.4. The van der Waals surface area contributed by atoms with Crippen molar-refractivity contribution in [3.63, 3.8) is 0 Å². The van der Waals surface area contributed by atoms with Gasteiger partial charge in [-0.05, 0) is 11.8 Å². The number of H-pyrrole nitrogens is 1. The summed E-state index contributed by atoms with van der Waals surface area (Å²) in [6.45, 7) is -9.20. The fourth-order valence-corrected chi connectivity index (χ4v) is 6.86. The van der Waals surface area contributed by atoms with Crippen LogP contribution >= 0.6 is 25.8 Å². The molecule has 0 saturated carbocycles. The van der Waals surface area contributed by atoms with E-state index in [9.17, 15) is 14.3 Å². The fraction of sp³-hybridized carbons (Fsp3) is 0.444. The topological polar surface area (TPSA) is 217 Å². The molecule has 0 amide bonds. The van der Waals surface area contributed by atoms with Crippen LogP contribution in [-0.4, -0.2) is 75.5 Å². The van der Waals surface area contributed by atoms with Gasteiger partial charge < -0.3 is 24.5 Å². The largest absolute Gasteiger partial charge is 0.386 e. The number of imidazole rings is 2. The molecule has 4 N–H and O–H groups in total. The number of alkyl halides is 1. The highest BCUT2D eigenvalue weighted by atomic mass is 32.7. The Morgan fingerprint density at radius 2 is 2.10 bits per heavy atom. The minimum absolute atomic E-state index is 0.0456. The molecule has 1 saturated heterocycles. The molecule has 1 fully saturated rings. The van der Waals surface area contributed by atoms with Gasteiger partial charge in [0.05, 0.1) is 19.4 Å². The predicted octanol–water partition coefficient (Wildman–Crippen LogP) is 0.980. The van der Waals surface area contributed by atoms with Crippen LogP contribution in [0.3, 0.4) is 0 Å². The van der Waals surface area contributed by atoms with E-state index in [1.54, 1.807) is 4.57 Å². The van der Waals surface area contributed by atoms with Crippen LogP contribution in [0.15, 0.2) is 23.6 Å². The molecule has 0 spiro atoms. The van der Waals surface area contributed by atoms with Crippen LogP contribution < -0.4 is 11.3 Å². The Morgan fingerprint density at radius 3 is 2.92 bits per heavy atom. The van der Waals surface area contributed by atoms with Crippen LogP contribution in [0.4, 0.5) is 10.3 Å². The number of aromatic amines is 1. The summed E-state index contributed by atoms with van der Waals surface area (Å²) in [6, 6.07) is 0. The number of fused-ring (bicyclic) bond motifs is 6. The summed E-state index contributed by atoms with van der Waals surface area (Å²) in [5.74, 6) is 0.0697. The monoisotopic (exact) mass is 635 g/mol. The summed E-state index contributed by atoms with van der Waals surface area (Å²) in [6.07, 6.45) is -2.52. The van der Waals surface area contributed by atoms with E-state index < -0.39 is 50.3 Å². The first-order valence-electron chi connectivity index (χ1n) is 11.5. The Morgan fingerprint density at radius 1 is 1.27 bits per heavy atom. The molecule has 17 nitrogen and oxygen atoms in total. The maximum atomic E-state index is 15.8. The molecule has 0 aromatic carbocycles. The van der Waals surface area contributed by atoms with Gasteiger partial charge in [0.1, 0.15) is 42.8 Å². The zero-order valence-corrected chi connectivity index (χ0v) is 23.5. The van der Waals surface area contributed by atoms with E-state index in [4.69, 9.17) is 40.4 Å². The normalized spacial score (nSPS) is 32.1. The Kier molecular flexibility index (Phi) is 7.27. The predicted molar refractivity (Wildman–Crippen MR) is 141 cm³/mol. The van der Waals surface area contributed by atoms with Crippen LogP contribution in [0.5, 0.6) is 0 Å². The molecular formula is C18H20FN9O8P2S2. The Hall–Kier alpha value is -2.38. The van der Waals surface area contributed by atoms with Crippen molar-refractivity contribution in [2.24, 2.45) is 0 Å².